The minimum Gasteiger partial charge on any atom is -0.378 e. The van der Waals surface area contributed by atoms with Crippen molar-refractivity contribution in [2.45, 2.75) is 24.9 Å². The molecule has 2 aromatic rings. The summed E-state index contributed by atoms with van der Waals surface area (Å²) in [5, 5.41) is 5.22. The molecule has 1 radical (unpaired) electrons. The zero-order valence-corrected chi connectivity index (χ0v) is 13.6. The van der Waals surface area contributed by atoms with E-state index in [9.17, 15) is 0 Å². The first kappa shape index (κ1) is 15.5. The van der Waals surface area contributed by atoms with E-state index in [-0.39, 0.29) is 5.60 Å². The molecule has 2 aromatic carbocycles. The van der Waals surface area contributed by atoms with Crippen LogP contribution in [0.5, 0.6) is 0 Å². The van der Waals surface area contributed by atoms with E-state index in [2.05, 4.69) is 41.7 Å². The van der Waals surface area contributed by atoms with Gasteiger partial charge in [-0.25, -0.2) is 5.32 Å². The molecule has 22 heavy (non-hydrogen) atoms. The molecule has 1 aliphatic rings. The highest BCUT2D eigenvalue weighted by Gasteiger charge is 2.33. The third-order valence-corrected chi connectivity index (χ3v) is 4.82. The summed E-state index contributed by atoms with van der Waals surface area (Å²) in [5.74, 6) is 0. The van der Waals surface area contributed by atoms with Gasteiger partial charge in [0.25, 0.3) is 0 Å². The van der Waals surface area contributed by atoms with Crippen molar-refractivity contribution in [2.75, 3.05) is 20.2 Å². The molecule has 0 saturated carbocycles. The van der Waals surface area contributed by atoms with Crippen LogP contribution in [0.25, 0.3) is 11.1 Å². The molecule has 3 rings (SSSR count). The van der Waals surface area contributed by atoms with Crippen LogP contribution in [0.2, 0.25) is 5.02 Å². The normalized spacial score (nSPS) is 17.4. The molecule has 2 nitrogen and oxygen atoms in total. The molecule has 0 aromatic heterocycles. The number of ether oxygens (including phenoxy) is 1. The van der Waals surface area contributed by atoms with E-state index in [1.807, 2.05) is 19.2 Å². The number of piperidine rings is 1. The van der Waals surface area contributed by atoms with Crippen LogP contribution in [0.3, 0.4) is 0 Å². The summed E-state index contributed by atoms with van der Waals surface area (Å²) < 4.78 is 5.91. The van der Waals surface area contributed by atoms with Crippen molar-refractivity contribution in [3.63, 3.8) is 0 Å². The average molecular weight is 315 g/mol. The minimum absolute atomic E-state index is 0.0791. The van der Waals surface area contributed by atoms with Gasteiger partial charge in [-0.05, 0) is 41.7 Å². The Kier molecular flexibility index (Phi) is 4.82. The van der Waals surface area contributed by atoms with Crippen molar-refractivity contribution in [3.8, 4) is 11.1 Å². The second-order valence-corrected chi connectivity index (χ2v) is 6.34. The molecule has 0 atom stereocenters. The second-order valence-electron chi connectivity index (χ2n) is 5.90. The number of methoxy groups -OCH3 is 1. The highest BCUT2D eigenvalue weighted by molar-refractivity contribution is 6.30. The highest BCUT2D eigenvalue weighted by Crippen LogP contribution is 2.32. The van der Waals surface area contributed by atoms with E-state index in [0.29, 0.717) is 0 Å². The van der Waals surface area contributed by atoms with E-state index in [4.69, 9.17) is 16.3 Å². The predicted molar refractivity (Wildman–Crippen MR) is 91.4 cm³/mol. The quantitative estimate of drug-likeness (QED) is 0.823. The van der Waals surface area contributed by atoms with Crippen LogP contribution in [0.15, 0.2) is 48.5 Å². The molecular weight excluding hydrogens is 294 g/mol. The third kappa shape index (κ3) is 3.35. The Morgan fingerprint density at radius 3 is 2.41 bits per heavy atom. The van der Waals surface area contributed by atoms with Crippen LogP contribution in [0.4, 0.5) is 0 Å². The van der Waals surface area contributed by atoms with Gasteiger partial charge in [0.05, 0.1) is 5.60 Å². The Labute approximate surface area is 137 Å². The molecule has 0 unspecified atom stereocenters. The molecular formula is C19H21ClNO. The van der Waals surface area contributed by atoms with Gasteiger partial charge in [0, 0.05) is 31.6 Å². The molecule has 0 aliphatic carbocycles. The van der Waals surface area contributed by atoms with Gasteiger partial charge in [-0.3, -0.25) is 0 Å². The average Bonchev–Trinajstić information content (AvgIpc) is 2.57. The van der Waals surface area contributed by atoms with E-state index in [1.165, 1.54) is 16.7 Å². The van der Waals surface area contributed by atoms with Crippen molar-refractivity contribution >= 4 is 11.6 Å². The Balaban J connectivity index is 1.92. The first-order valence-electron chi connectivity index (χ1n) is 7.75. The summed E-state index contributed by atoms with van der Waals surface area (Å²) in [4.78, 5) is 0. The first-order chi connectivity index (χ1) is 10.7. The fourth-order valence-corrected chi connectivity index (χ4v) is 3.31. The lowest BCUT2D eigenvalue weighted by Gasteiger charge is -2.36. The molecule has 1 fully saturated rings. The maximum absolute atomic E-state index is 6.01. The minimum atomic E-state index is -0.0791. The van der Waals surface area contributed by atoms with E-state index in [1.54, 1.807) is 0 Å². The summed E-state index contributed by atoms with van der Waals surface area (Å²) in [6.07, 6.45) is 2.93. The molecule has 0 N–H and O–H groups in total. The van der Waals surface area contributed by atoms with E-state index < -0.39 is 0 Å². The Bertz CT molecular complexity index is 618. The number of rotatable bonds is 4. The van der Waals surface area contributed by atoms with Gasteiger partial charge < -0.3 is 4.74 Å². The number of hydrogen-bond donors (Lipinski definition) is 0. The van der Waals surface area contributed by atoms with Crippen LogP contribution in [0, 0.1) is 0 Å². The van der Waals surface area contributed by atoms with Crippen LogP contribution in [-0.2, 0) is 11.2 Å². The van der Waals surface area contributed by atoms with E-state index in [0.717, 1.165) is 37.4 Å². The van der Waals surface area contributed by atoms with Crippen molar-refractivity contribution < 1.29 is 4.74 Å². The Hall–Kier alpha value is -1.35. The number of halogens is 1. The molecule has 0 amide bonds. The largest absolute Gasteiger partial charge is 0.378 e. The Morgan fingerprint density at radius 2 is 1.73 bits per heavy atom. The van der Waals surface area contributed by atoms with Gasteiger partial charge in [-0.1, -0.05) is 48.0 Å². The van der Waals surface area contributed by atoms with Crippen molar-refractivity contribution in [1.82, 2.24) is 5.32 Å². The van der Waals surface area contributed by atoms with Gasteiger partial charge in [0.2, 0.25) is 0 Å². The Morgan fingerprint density at radius 1 is 1.05 bits per heavy atom. The highest BCUT2D eigenvalue weighted by atomic mass is 35.5. The van der Waals surface area contributed by atoms with Crippen molar-refractivity contribution in [3.05, 3.63) is 59.1 Å². The summed E-state index contributed by atoms with van der Waals surface area (Å²) in [6.45, 7) is 1.80. The van der Waals surface area contributed by atoms with Crippen molar-refractivity contribution in [1.29, 1.82) is 0 Å². The van der Waals surface area contributed by atoms with Gasteiger partial charge in [0.1, 0.15) is 0 Å². The number of nitrogens with zero attached hydrogens (tertiary/aromatic N) is 1. The van der Waals surface area contributed by atoms with Gasteiger partial charge in [-0.2, -0.15) is 0 Å². The fraction of sp³-hybridized carbons (Fsp3) is 0.368. The molecule has 0 spiro atoms. The maximum Gasteiger partial charge on any atom is 0.0744 e. The molecule has 1 heterocycles. The standard InChI is InChI=1S/C19H21ClNO/c1-22-19(10-12-21-13-11-19)14-16-4-2-3-5-18(16)15-6-8-17(20)9-7-15/h2-9H,10-14H2,1H3. The van der Waals surface area contributed by atoms with Crippen LogP contribution < -0.4 is 5.32 Å². The fourth-order valence-electron chi connectivity index (χ4n) is 3.19. The number of benzene rings is 2. The lowest BCUT2D eigenvalue weighted by Crippen LogP contribution is -2.42. The monoisotopic (exact) mass is 314 g/mol. The van der Waals surface area contributed by atoms with E-state index >= 15 is 0 Å². The second kappa shape index (κ2) is 6.82. The van der Waals surface area contributed by atoms with Crippen LogP contribution >= 0.6 is 11.6 Å². The summed E-state index contributed by atoms with van der Waals surface area (Å²) >= 11 is 6.01. The lowest BCUT2D eigenvalue weighted by atomic mass is 9.83. The summed E-state index contributed by atoms with van der Waals surface area (Å²) in [7, 11) is 1.83. The number of hydrogen-bond acceptors (Lipinski definition) is 1. The zero-order chi connectivity index (χ0) is 15.4. The summed E-state index contributed by atoms with van der Waals surface area (Å²) in [5.41, 5.74) is 3.71. The lowest BCUT2D eigenvalue weighted by molar-refractivity contribution is -0.0338. The third-order valence-electron chi connectivity index (χ3n) is 4.57. The molecule has 0 bridgehead atoms. The van der Waals surface area contributed by atoms with Gasteiger partial charge in [-0.15, -0.1) is 0 Å². The topological polar surface area (TPSA) is 23.3 Å². The molecule has 3 heteroatoms. The predicted octanol–water partition coefficient (Wildman–Crippen LogP) is 4.33. The molecule has 1 saturated heterocycles. The SMILES string of the molecule is COC1(Cc2ccccc2-c2ccc(Cl)cc2)CC[N]CC1. The zero-order valence-electron chi connectivity index (χ0n) is 12.9. The van der Waals surface area contributed by atoms with Gasteiger partial charge in [0.15, 0.2) is 0 Å². The van der Waals surface area contributed by atoms with Crippen LogP contribution in [0.1, 0.15) is 18.4 Å². The first-order valence-corrected chi connectivity index (χ1v) is 8.12. The molecule has 1 aliphatic heterocycles. The smallest absolute Gasteiger partial charge is 0.0744 e. The summed E-state index contributed by atoms with van der Waals surface area (Å²) in [6, 6.07) is 16.6. The van der Waals surface area contributed by atoms with Crippen LogP contribution in [-0.4, -0.2) is 25.8 Å². The molecule has 115 valence electrons. The van der Waals surface area contributed by atoms with Crippen molar-refractivity contribution in [2.24, 2.45) is 0 Å². The van der Waals surface area contributed by atoms with Gasteiger partial charge >= 0.3 is 0 Å². The maximum atomic E-state index is 6.01.